The van der Waals surface area contributed by atoms with Crippen LogP contribution in [-0.2, 0) is 4.74 Å². The van der Waals surface area contributed by atoms with Crippen LogP contribution in [0.25, 0.3) is 22.3 Å². The van der Waals surface area contributed by atoms with Crippen molar-refractivity contribution in [3.05, 3.63) is 41.2 Å². The Balaban J connectivity index is 1.85. The number of aromatic nitrogens is 3. The first-order valence-corrected chi connectivity index (χ1v) is 10.7. The van der Waals surface area contributed by atoms with Gasteiger partial charge >= 0.3 is 0 Å². The van der Waals surface area contributed by atoms with Gasteiger partial charge in [-0.25, -0.2) is 18.7 Å². The van der Waals surface area contributed by atoms with Gasteiger partial charge in [-0.1, -0.05) is 13.8 Å². The van der Waals surface area contributed by atoms with E-state index in [9.17, 15) is 8.78 Å². The average molecular weight is 429 g/mol. The van der Waals surface area contributed by atoms with E-state index < -0.39 is 5.92 Å². The maximum absolute atomic E-state index is 13.7. The highest BCUT2D eigenvalue weighted by molar-refractivity contribution is 5.86. The highest BCUT2D eigenvalue weighted by Gasteiger charge is 2.45. The third-order valence-corrected chi connectivity index (χ3v) is 5.95. The molecule has 0 N–H and O–H groups in total. The Kier molecular flexibility index (Phi) is 5.50. The molecule has 3 aromatic rings. The van der Waals surface area contributed by atoms with Gasteiger partial charge in [-0.2, -0.15) is 0 Å². The van der Waals surface area contributed by atoms with E-state index in [2.05, 4.69) is 37.6 Å². The number of ether oxygens (including phenoxy) is 1. The second kappa shape index (κ2) is 7.86. The Bertz CT molecular complexity index is 1110. The molecule has 5 nitrogen and oxygen atoms in total. The second-order valence-corrected chi connectivity index (χ2v) is 9.02. The smallest absolute Gasteiger partial charge is 0.282 e. The standard InChI is InChI=1S/C24H30F2N4O/c1-14(2)19-8-7-18(23(27-19)29-12-24(25,26)13-29)21-15(3)9-20-22(28-21)16(4)10-30(20)17(5)11-31-6/h7-10,14,17H,11-13H2,1-6H3. The maximum atomic E-state index is 13.7. The number of anilines is 1. The van der Waals surface area contributed by atoms with E-state index in [1.807, 2.05) is 26.0 Å². The molecule has 3 aromatic heterocycles. The molecular formula is C24H30F2N4O. The summed E-state index contributed by atoms with van der Waals surface area (Å²) in [6.07, 6.45) is 2.10. The van der Waals surface area contributed by atoms with Gasteiger partial charge in [-0.3, -0.25) is 0 Å². The molecule has 1 aliphatic heterocycles. The van der Waals surface area contributed by atoms with Crippen molar-refractivity contribution in [1.82, 2.24) is 14.5 Å². The number of nitrogens with zero attached hydrogens (tertiary/aromatic N) is 4. The first-order chi connectivity index (χ1) is 14.6. The van der Waals surface area contributed by atoms with Crippen molar-refractivity contribution in [2.24, 2.45) is 0 Å². The van der Waals surface area contributed by atoms with E-state index in [0.29, 0.717) is 12.4 Å². The molecule has 4 rings (SSSR count). The molecular weight excluding hydrogens is 398 g/mol. The van der Waals surface area contributed by atoms with E-state index in [-0.39, 0.29) is 25.0 Å². The van der Waals surface area contributed by atoms with Crippen LogP contribution < -0.4 is 4.90 Å². The van der Waals surface area contributed by atoms with Gasteiger partial charge in [-0.15, -0.1) is 0 Å². The molecule has 0 bridgehead atoms. The fraction of sp³-hybridized carbons (Fsp3) is 0.500. The summed E-state index contributed by atoms with van der Waals surface area (Å²) in [6, 6.07) is 6.27. The Morgan fingerprint density at radius 1 is 1.10 bits per heavy atom. The predicted molar refractivity (Wildman–Crippen MR) is 120 cm³/mol. The molecule has 0 amide bonds. The average Bonchev–Trinajstić information content (AvgIpc) is 3.01. The Hall–Kier alpha value is -2.54. The number of alkyl halides is 2. The van der Waals surface area contributed by atoms with Crippen LogP contribution in [0, 0.1) is 13.8 Å². The van der Waals surface area contributed by atoms with E-state index >= 15 is 0 Å². The van der Waals surface area contributed by atoms with Gasteiger partial charge in [-0.05, 0) is 56.0 Å². The highest BCUT2D eigenvalue weighted by Crippen LogP contribution is 2.39. The lowest BCUT2D eigenvalue weighted by Crippen LogP contribution is -2.56. The van der Waals surface area contributed by atoms with Gasteiger partial charge in [0.05, 0.1) is 42.5 Å². The van der Waals surface area contributed by atoms with Crippen molar-refractivity contribution in [1.29, 1.82) is 0 Å². The van der Waals surface area contributed by atoms with Gasteiger partial charge < -0.3 is 14.2 Å². The molecule has 0 spiro atoms. The van der Waals surface area contributed by atoms with Gasteiger partial charge in [0, 0.05) is 24.6 Å². The minimum atomic E-state index is -2.66. The molecule has 1 unspecified atom stereocenters. The molecule has 7 heteroatoms. The zero-order valence-electron chi connectivity index (χ0n) is 19.0. The summed E-state index contributed by atoms with van der Waals surface area (Å²) in [5, 5.41) is 0. The number of methoxy groups -OCH3 is 1. The summed E-state index contributed by atoms with van der Waals surface area (Å²) in [5.41, 5.74) is 6.51. The molecule has 0 saturated carbocycles. The molecule has 1 saturated heterocycles. The summed E-state index contributed by atoms with van der Waals surface area (Å²) < 4.78 is 34.8. The van der Waals surface area contributed by atoms with Crippen LogP contribution in [0.2, 0.25) is 0 Å². The summed E-state index contributed by atoms with van der Waals surface area (Å²) in [4.78, 5) is 11.4. The molecule has 1 fully saturated rings. The van der Waals surface area contributed by atoms with Crippen LogP contribution in [0.1, 0.15) is 49.6 Å². The van der Waals surface area contributed by atoms with E-state index in [1.165, 1.54) is 0 Å². The molecule has 1 atom stereocenters. The Labute approximate surface area is 182 Å². The molecule has 166 valence electrons. The Morgan fingerprint density at radius 2 is 1.81 bits per heavy atom. The fourth-order valence-electron chi connectivity index (χ4n) is 4.26. The van der Waals surface area contributed by atoms with E-state index in [1.54, 1.807) is 12.0 Å². The van der Waals surface area contributed by atoms with Crippen molar-refractivity contribution in [2.45, 2.75) is 52.5 Å². The van der Waals surface area contributed by atoms with Crippen LogP contribution in [0.3, 0.4) is 0 Å². The lowest BCUT2D eigenvalue weighted by molar-refractivity contribution is -0.0266. The predicted octanol–water partition coefficient (Wildman–Crippen LogP) is 5.50. The van der Waals surface area contributed by atoms with E-state index in [0.717, 1.165) is 39.1 Å². The number of pyridine rings is 2. The third kappa shape index (κ3) is 3.91. The Morgan fingerprint density at radius 3 is 2.42 bits per heavy atom. The SMILES string of the molecule is COCC(C)n1cc(C)c2nc(-c3ccc(C(C)C)nc3N3CC(F)(F)C3)c(C)cc21. The summed E-state index contributed by atoms with van der Waals surface area (Å²) in [5.74, 6) is -1.86. The monoisotopic (exact) mass is 428 g/mol. The zero-order chi connectivity index (χ0) is 22.5. The number of aryl methyl sites for hydroxylation is 2. The van der Waals surface area contributed by atoms with Gasteiger partial charge in [0.15, 0.2) is 0 Å². The molecule has 31 heavy (non-hydrogen) atoms. The van der Waals surface area contributed by atoms with Crippen molar-refractivity contribution in [2.75, 3.05) is 31.7 Å². The fourth-order valence-corrected chi connectivity index (χ4v) is 4.26. The minimum Gasteiger partial charge on any atom is -0.383 e. The third-order valence-electron chi connectivity index (χ3n) is 5.95. The molecule has 1 aliphatic rings. The van der Waals surface area contributed by atoms with E-state index in [4.69, 9.17) is 14.7 Å². The topological polar surface area (TPSA) is 43.2 Å². The van der Waals surface area contributed by atoms with Crippen LogP contribution in [-0.4, -0.2) is 47.3 Å². The first kappa shape index (κ1) is 21.7. The quantitative estimate of drug-likeness (QED) is 0.520. The maximum Gasteiger partial charge on any atom is 0.282 e. The molecule has 4 heterocycles. The second-order valence-electron chi connectivity index (χ2n) is 9.02. The summed E-state index contributed by atoms with van der Waals surface area (Å²) >= 11 is 0. The largest absolute Gasteiger partial charge is 0.383 e. The summed E-state index contributed by atoms with van der Waals surface area (Å²) in [6.45, 7) is 10.3. The molecule has 0 aromatic carbocycles. The highest BCUT2D eigenvalue weighted by atomic mass is 19.3. The summed E-state index contributed by atoms with van der Waals surface area (Å²) in [7, 11) is 1.70. The lowest BCUT2D eigenvalue weighted by atomic mass is 10.0. The number of hydrogen-bond acceptors (Lipinski definition) is 4. The minimum absolute atomic E-state index is 0.180. The van der Waals surface area contributed by atoms with Crippen LogP contribution in [0.4, 0.5) is 14.6 Å². The first-order valence-electron chi connectivity index (χ1n) is 10.7. The number of fused-ring (bicyclic) bond motifs is 1. The van der Waals surface area contributed by atoms with Crippen molar-refractivity contribution in [3.8, 4) is 11.3 Å². The van der Waals surface area contributed by atoms with Gasteiger partial charge in [0.1, 0.15) is 5.82 Å². The van der Waals surface area contributed by atoms with Crippen molar-refractivity contribution in [3.63, 3.8) is 0 Å². The van der Waals surface area contributed by atoms with Crippen LogP contribution >= 0.6 is 0 Å². The molecule has 0 aliphatic carbocycles. The van der Waals surface area contributed by atoms with Gasteiger partial charge in [0.2, 0.25) is 0 Å². The van der Waals surface area contributed by atoms with Gasteiger partial charge in [0.25, 0.3) is 5.92 Å². The molecule has 0 radical (unpaired) electrons. The van der Waals surface area contributed by atoms with Crippen molar-refractivity contribution >= 4 is 16.9 Å². The lowest BCUT2D eigenvalue weighted by Gasteiger charge is -2.40. The normalized spacial score (nSPS) is 16.7. The van der Waals surface area contributed by atoms with Crippen LogP contribution in [0.15, 0.2) is 24.4 Å². The van der Waals surface area contributed by atoms with Crippen LogP contribution in [0.5, 0.6) is 0 Å². The number of hydrogen-bond donors (Lipinski definition) is 0. The zero-order valence-corrected chi connectivity index (χ0v) is 19.0. The number of rotatable bonds is 6. The van der Waals surface area contributed by atoms with Crippen molar-refractivity contribution < 1.29 is 13.5 Å². The number of halogens is 2.